The van der Waals surface area contributed by atoms with E-state index in [4.69, 9.17) is 10.5 Å². The zero-order valence-corrected chi connectivity index (χ0v) is 11.6. The molecule has 0 amide bonds. The SMILES string of the molecule is COc1ccccc1N(C)C(CN)c1cncn1C. The molecule has 1 aromatic carbocycles. The number of aryl methyl sites for hydroxylation is 1. The Balaban J connectivity index is 2.36. The second kappa shape index (κ2) is 5.75. The van der Waals surface area contributed by atoms with Crippen LogP contribution < -0.4 is 15.4 Å². The molecule has 2 aromatic rings. The largest absolute Gasteiger partial charge is 0.495 e. The highest BCUT2D eigenvalue weighted by atomic mass is 16.5. The van der Waals surface area contributed by atoms with Gasteiger partial charge in [-0.3, -0.25) is 0 Å². The monoisotopic (exact) mass is 260 g/mol. The van der Waals surface area contributed by atoms with Crippen LogP contribution in [0.25, 0.3) is 0 Å². The van der Waals surface area contributed by atoms with Gasteiger partial charge in [0, 0.05) is 20.6 Å². The summed E-state index contributed by atoms with van der Waals surface area (Å²) >= 11 is 0. The predicted molar refractivity (Wildman–Crippen MR) is 76.4 cm³/mol. The zero-order valence-electron chi connectivity index (χ0n) is 11.6. The van der Waals surface area contributed by atoms with Crippen LogP contribution in [0, 0.1) is 0 Å². The summed E-state index contributed by atoms with van der Waals surface area (Å²) in [7, 11) is 5.66. The fraction of sp³-hybridized carbons (Fsp3) is 0.357. The second-order valence-electron chi connectivity index (χ2n) is 4.46. The highest BCUT2D eigenvalue weighted by molar-refractivity contribution is 5.59. The van der Waals surface area contributed by atoms with E-state index in [2.05, 4.69) is 9.88 Å². The van der Waals surface area contributed by atoms with Gasteiger partial charge in [0.15, 0.2) is 0 Å². The zero-order chi connectivity index (χ0) is 13.8. The minimum atomic E-state index is 0.0591. The van der Waals surface area contributed by atoms with Crippen LogP contribution in [-0.4, -0.2) is 30.3 Å². The molecular weight excluding hydrogens is 240 g/mol. The van der Waals surface area contributed by atoms with Crippen molar-refractivity contribution in [1.82, 2.24) is 9.55 Å². The molecule has 0 radical (unpaired) electrons. The maximum absolute atomic E-state index is 5.94. The van der Waals surface area contributed by atoms with Crippen molar-refractivity contribution in [2.45, 2.75) is 6.04 Å². The fourth-order valence-corrected chi connectivity index (χ4v) is 2.25. The number of benzene rings is 1. The Kier molecular flexibility index (Phi) is 4.06. The highest BCUT2D eigenvalue weighted by Crippen LogP contribution is 2.32. The molecule has 2 rings (SSSR count). The second-order valence-corrected chi connectivity index (χ2v) is 4.46. The summed E-state index contributed by atoms with van der Waals surface area (Å²) in [4.78, 5) is 6.28. The van der Waals surface area contributed by atoms with E-state index in [-0.39, 0.29) is 6.04 Å². The Morgan fingerprint density at radius 2 is 2.16 bits per heavy atom. The molecule has 0 aliphatic heterocycles. The predicted octanol–water partition coefficient (Wildman–Crippen LogP) is 1.56. The Labute approximate surface area is 113 Å². The lowest BCUT2D eigenvalue weighted by atomic mass is 10.1. The summed E-state index contributed by atoms with van der Waals surface area (Å²) in [6.45, 7) is 0.508. The summed E-state index contributed by atoms with van der Waals surface area (Å²) in [6.07, 6.45) is 3.64. The molecule has 0 aliphatic carbocycles. The van der Waals surface area contributed by atoms with E-state index in [1.54, 1.807) is 13.4 Å². The number of likely N-dealkylation sites (N-methyl/N-ethyl adjacent to an activating group) is 1. The molecule has 0 fully saturated rings. The topological polar surface area (TPSA) is 56.3 Å². The van der Waals surface area contributed by atoms with Gasteiger partial charge in [-0.15, -0.1) is 0 Å². The molecular formula is C14H20N4O. The first-order valence-electron chi connectivity index (χ1n) is 6.21. The Hall–Kier alpha value is -2.01. The molecule has 0 aliphatic rings. The quantitative estimate of drug-likeness (QED) is 0.886. The van der Waals surface area contributed by atoms with Gasteiger partial charge < -0.3 is 19.9 Å². The van der Waals surface area contributed by atoms with Crippen LogP contribution in [0.15, 0.2) is 36.8 Å². The number of hydrogen-bond acceptors (Lipinski definition) is 4. The van der Waals surface area contributed by atoms with Crippen molar-refractivity contribution in [1.29, 1.82) is 0 Å². The third kappa shape index (κ3) is 2.56. The van der Waals surface area contributed by atoms with Crippen molar-refractivity contribution >= 4 is 5.69 Å². The number of nitrogens with two attached hydrogens (primary N) is 1. The van der Waals surface area contributed by atoms with Crippen LogP contribution in [0.2, 0.25) is 0 Å². The Morgan fingerprint density at radius 3 is 2.74 bits per heavy atom. The summed E-state index contributed by atoms with van der Waals surface area (Å²) in [5.41, 5.74) is 8.03. The van der Waals surface area contributed by atoms with Crippen molar-refractivity contribution < 1.29 is 4.74 Å². The van der Waals surface area contributed by atoms with Crippen molar-refractivity contribution in [3.63, 3.8) is 0 Å². The molecule has 1 heterocycles. The van der Waals surface area contributed by atoms with Gasteiger partial charge in [-0.2, -0.15) is 0 Å². The van der Waals surface area contributed by atoms with E-state index in [9.17, 15) is 0 Å². The first-order valence-corrected chi connectivity index (χ1v) is 6.21. The molecule has 0 spiro atoms. The van der Waals surface area contributed by atoms with Gasteiger partial charge in [0.05, 0.1) is 37.1 Å². The van der Waals surface area contributed by atoms with E-state index >= 15 is 0 Å². The summed E-state index contributed by atoms with van der Waals surface area (Å²) in [5, 5.41) is 0. The average molecular weight is 260 g/mol. The number of nitrogens with zero attached hydrogens (tertiary/aromatic N) is 3. The normalized spacial score (nSPS) is 12.2. The molecule has 0 saturated carbocycles. The first-order chi connectivity index (χ1) is 9.19. The summed E-state index contributed by atoms with van der Waals surface area (Å²) in [5.74, 6) is 0.839. The summed E-state index contributed by atoms with van der Waals surface area (Å²) < 4.78 is 7.39. The lowest BCUT2D eigenvalue weighted by Gasteiger charge is -2.30. The van der Waals surface area contributed by atoms with Gasteiger partial charge in [0.25, 0.3) is 0 Å². The van der Waals surface area contributed by atoms with Crippen LogP contribution >= 0.6 is 0 Å². The third-order valence-electron chi connectivity index (χ3n) is 3.35. The molecule has 0 saturated heterocycles. The van der Waals surface area contributed by atoms with Crippen LogP contribution in [0.1, 0.15) is 11.7 Å². The van der Waals surface area contributed by atoms with Gasteiger partial charge in [0.1, 0.15) is 5.75 Å². The van der Waals surface area contributed by atoms with E-state index in [0.29, 0.717) is 6.54 Å². The van der Waals surface area contributed by atoms with Crippen LogP contribution in [0.4, 0.5) is 5.69 Å². The minimum Gasteiger partial charge on any atom is -0.495 e. The average Bonchev–Trinajstić information content (AvgIpc) is 2.86. The van der Waals surface area contributed by atoms with Gasteiger partial charge in [-0.25, -0.2) is 4.98 Å². The van der Waals surface area contributed by atoms with Gasteiger partial charge >= 0.3 is 0 Å². The van der Waals surface area contributed by atoms with Crippen LogP contribution in [0.5, 0.6) is 5.75 Å². The van der Waals surface area contributed by atoms with Crippen LogP contribution in [0.3, 0.4) is 0 Å². The number of rotatable bonds is 5. The minimum absolute atomic E-state index is 0.0591. The third-order valence-corrected chi connectivity index (χ3v) is 3.35. The Morgan fingerprint density at radius 1 is 1.42 bits per heavy atom. The van der Waals surface area contributed by atoms with Crippen molar-refractivity contribution in [3.8, 4) is 5.75 Å². The molecule has 0 bridgehead atoms. The van der Waals surface area contributed by atoms with E-state index in [1.165, 1.54) is 0 Å². The molecule has 2 N–H and O–H groups in total. The lowest BCUT2D eigenvalue weighted by Crippen LogP contribution is -2.32. The van der Waals surface area contributed by atoms with Crippen molar-refractivity contribution in [2.24, 2.45) is 12.8 Å². The smallest absolute Gasteiger partial charge is 0.142 e. The summed E-state index contributed by atoms with van der Waals surface area (Å²) in [6, 6.07) is 7.98. The number of ether oxygens (including phenoxy) is 1. The number of para-hydroxylation sites is 2. The Bertz CT molecular complexity index is 538. The maximum atomic E-state index is 5.94. The number of anilines is 1. The first kappa shape index (κ1) is 13.4. The number of imidazole rings is 1. The molecule has 1 atom stereocenters. The van der Waals surface area contributed by atoms with Crippen molar-refractivity contribution in [3.05, 3.63) is 42.5 Å². The number of aromatic nitrogens is 2. The van der Waals surface area contributed by atoms with E-state index in [0.717, 1.165) is 17.1 Å². The number of hydrogen-bond donors (Lipinski definition) is 1. The van der Waals surface area contributed by atoms with Gasteiger partial charge in [-0.05, 0) is 12.1 Å². The molecule has 19 heavy (non-hydrogen) atoms. The molecule has 1 unspecified atom stereocenters. The van der Waals surface area contributed by atoms with E-state index in [1.807, 2.05) is 49.1 Å². The molecule has 5 heteroatoms. The maximum Gasteiger partial charge on any atom is 0.142 e. The van der Waals surface area contributed by atoms with Gasteiger partial charge in [-0.1, -0.05) is 12.1 Å². The fourth-order valence-electron chi connectivity index (χ4n) is 2.25. The van der Waals surface area contributed by atoms with Gasteiger partial charge in [0.2, 0.25) is 0 Å². The van der Waals surface area contributed by atoms with E-state index < -0.39 is 0 Å². The van der Waals surface area contributed by atoms with Crippen molar-refractivity contribution in [2.75, 3.05) is 25.6 Å². The molecule has 102 valence electrons. The number of methoxy groups -OCH3 is 1. The molecule has 5 nitrogen and oxygen atoms in total. The van der Waals surface area contributed by atoms with Crippen LogP contribution in [-0.2, 0) is 7.05 Å². The highest BCUT2D eigenvalue weighted by Gasteiger charge is 2.20. The standard InChI is InChI=1S/C14H20N4O/c1-17-10-16-9-13(17)12(8-15)18(2)11-6-4-5-7-14(11)19-3/h4-7,9-10,12H,8,15H2,1-3H3. The molecule has 1 aromatic heterocycles. The lowest BCUT2D eigenvalue weighted by molar-refractivity contribution is 0.413.